The fourth-order valence-corrected chi connectivity index (χ4v) is 2.34. The predicted molar refractivity (Wildman–Crippen MR) is 51.0 cm³/mol. The van der Waals surface area contributed by atoms with Crippen LogP contribution in [0, 0.1) is 6.08 Å². The largest absolute Gasteiger partial charge is 0.132 e. The minimum atomic E-state index is 0.860. The molecule has 1 aromatic heterocycles. The van der Waals surface area contributed by atoms with Crippen LogP contribution in [0.15, 0.2) is 29.6 Å². The van der Waals surface area contributed by atoms with Crippen molar-refractivity contribution in [2.75, 3.05) is 0 Å². The van der Waals surface area contributed by atoms with Crippen LogP contribution in [0.1, 0.15) is 18.6 Å². The highest BCUT2D eigenvalue weighted by Gasteiger charge is 2.07. The first kappa shape index (κ1) is 6.94. The van der Waals surface area contributed by atoms with Crippen molar-refractivity contribution in [2.45, 2.75) is 13.3 Å². The number of hydrogen-bond acceptors (Lipinski definition) is 0. The lowest BCUT2D eigenvalue weighted by Crippen LogP contribution is -1.75. The van der Waals surface area contributed by atoms with Crippen LogP contribution < -0.4 is 0 Å². The van der Waals surface area contributed by atoms with E-state index in [1.165, 1.54) is 16.4 Å². The highest BCUT2D eigenvalue weighted by Crippen LogP contribution is 2.32. The van der Waals surface area contributed by atoms with Gasteiger partial charge in [0.25, 0.3) is 0 Å². The molecular formula is C10H10P. The van der Waals surface area contributed by atoms with Crippen LogP contribution >= 0.6 is 8.19 Å². The second-order valence-corrected chi connectivity index (χ2v) is 3.89. The molecule has 0 nitrogen and oxygen atoms in total. The fourth-order valence-electron chi connectivity index (χ4n) is 1.34. The maximum absolute atomic E-state index is 3.37. The van der Waals surface area contributed by atoms with E-state index in [0.29, 0.717) is 0 Å². The summed E-state index contributed by atoms with van der Waals surface area (Å²) in [5, 5.41) is 1.45. The average molecular weight is 161 g/mol. The quantitative estimate of drug-likeness (QED) is 0.593. The van der Waals surface area contributed by atoms with Gasteiger partial charge in [-0.25, -0.2) is 0 Å². The van der Waals surface area contributed by atoms with E-state index in [4.69, 9.17) is 0 Å². The standard InChI is InChI=1S/C10H10P/c1-8-4-2-5-9(8)10-6-3-7-11-10/h3-4,6-7,11H,2H2,1H3. The first-order valence-corrected chi connectivity index (χ1v) is 4.87. The van der Waals surface area contributed by atoms with Gasteiger partial charge < -0.3 is 0 Å². The van der Waals surface area contributed by atoms with E-state index in [-0.39, 0.29) is 0 Å². The summed E-state index contributed by atoms with van der Waals surface area (Å²) in [5.41, 5.74) is 2.75. The Balaban J connectivity index is 2.38. The Morgan fingerprint density at radius 3 is 3.00 bits per heavy atom. The summed E-state index contributed by atoms with van der Waals surface area (Å²) < 4.78 is 0. The molecule has 1 heterocycles. The second kappa shape index (κ2) is 2.71. The van der Waals surface area contributed by atoms with Crippen molar-refractivity contribution >= 4 is 13.8 Å². The summed E-state index contributed by atoms with van der Waals surface area (Å²) >= 11 is 0. The molecule has 1 heteroatoms. The van der Waals surface area contributed by atoms with Crippen LogP contribution in [-0.4, -0.2) is 0 Å². The summed E-state index contributed by atoms with van der Waals surface area (Å²) in [6.07, 6.45) is 6.61. The fraction of sp³-hybridized carbons (Fsp3) is 0.200. The summed E-state index contributed by atoms with van der Waals surface area (Å²) in [4.78, 5) is 0. The van der Waals surface area contributed by atoms with E-state index in [1.54, 1.807) is 0 Å². The molecule has 1 aromatic rings. The van der Waals surface area contributed by atoms with Crippen molar-refractivity contribution in [1.29, 1.82) is 0 Å². The molecule has 0 saturated carbocycles. The van der Waals surface area contributed by atoms with Crippen LogP contribution in [0.4, 0.5) is 0 Å². The molecule has 0 amide bonds. The minimum Gasteiger partial charge on any atom is -0.132 e. The Bertz CT molecular complexity index is 302. The van der Waals surface area contributed by atoms with E-state index in [1.807, 2.05) is 0 Å². The Kier molecular flexibility index (Phi) is 1.71. The first-order valence-electron chi connectivity index (χ1n) is 3.79. The van der Waals surface area contributed by atoms with Crippen molar-refractivity contribution < 1.29 is 0 Å². The lowest BCUT2D eigenvalue weighted by molar-refractivity contribution is 1.38. The van der Waals surface area contributed by atoms with Crippen LogP contribution in [0.3, 0.4) is 0 Å². The predicted octanol–water partition coefficient (Wildman–Crippen LogP) is 3.25. The van der Waals surface area contributed by atoms with Crippen LogP contribution in [0.2, 0.25) is 0 Å². The molecule has 1 atom stereocenters. The van der Waals surface area contributed by atoms with Gasteiger partial charge >= 0.3 is 0 Å². The summed E-state index contributed by atoms with van der Waals surface area (Å²) in [7, 11) is 0.860. The van der Waals surface area contributed by atoms with E-state index in [0.717, 1.165) is 14.6 Å². The SMILES string of the molecule is CC1=CC[C]=C1c1ccc[pH]1. The van der Waals surface area contributed by atoms with Gasteiger partial charge in [-0.2, -0.15) is 0 Å². The second-order valence-electron chi connectivity index (χ2n) is 2.73. The maximum atomic E-state index is 3.37. The molecule has 55 valence electrons. The Hall–Kier alpha value is -0.740. The van der Waals surface area contributed by atoms with Crippen LogP contribution in [0.5, 0.6) is 0 Å². The monoisotopic (exact) mass is 161 g/mol. The third kappa shape index (κ3) is 1.19. The highest BCUT2D eigenvalue weighted by atomic mass is 31.0. The first-order chi connectivity index (χ1) is 5.38. The van der Waals surface area contributed by atoms with Gasteiger partial charge in [-0.1, -0.05) is 18.2 Å². The van der Waals surface area contributed by atoms with Gasteiger partial charge in [0, 0.05) is 0 Å². The van der Waals surface area contributed by atoms with Gasteiger partial charge in [-0.05, 0) is 41.7 Å². The third-order valence-corrected chi connectivity index (χ3v) is 3.04. The van der Waals surface area contributed by atoms with Gasteiger partial charge in [0.15, 0.2) is 0 Å². The zero-order chi connectivity index (χ0) is 7.68. The molecular weight excluding hydrogens is 151 g/mol. The van der Waals surface area contributed by atoms with E-state index in [9.17, 15) is 0 Å². The number of rotatable bonds is 1. The summed E-state index contributed by atoms with van der Waals surface area (Å²) in [6.45, 7) is 2.17. The lowest BCUT2D eigenvalue weighted by Gasteiger charge is -1.98. The summed E-state index contributed by atoms with van der Waals surface area (Å²) in [6, 6.07) is 4.33. The normalized spacial score (nSPS) is 17.2. The zero-order valence-electron chi connectivity index (χ0n) is 6.52. The molecule has 1 unspecified atom stereocenters. The molecule has 0 spiro atoms. The van der Waals surface area contributed by atoms with Crippen molar-refractivity contribution in [3.8, 4) is 0 Å². The molecule has 2 rings (SSSR count). The Morgan fingerprint density at radius 1 is 1.55 bits per heavy atom. The molecule has 1 aliphatic carbocycles. The molecule has 1 radical (unpaired) electrons. The van der Waals surface area contributed by atoms with Crippen molar-refractivity contribution in [3.63, 3.8) is 0 Å². The minimum absolute atomic E-state index is 0.860. The molecule has 0 fully saturated rings. The van der Waals surface area contributed by atoms with Gasteiger partial charge in [0.2, 0.25) is 0 Å². The molecule has 0 aromatic carbocycles. The highest BCUT2D eigenvalue weighted by molar-refractivity contribution is 7.31. The third-order valence-electron chi connectivity index (χ3n) is 1.95. The lowest BCUT2D eigenvalue weighted by atomic mass is 10.1. The van der Waals surface area contributed by atoms with Crippen LogP contribution in [0.25, 0.3) is 5.57 Å². The zero-order valence-corrected chi connectivity index (χ0v) is 7.52. The Morgan fingerprint density at radius 2 is 2.45 bits per heavy atom. The van der Waals surface area contributed by atoms with E-state index in [2.05, 4.69) is 37.0 Å². The summed E-state index contributed by atoms with van der Waals surface area (Å²) in [5.74, 6) is 2.22. The van der Waals surface area contributed by atoms with Crippen molar-refractivity contribution in [1.82, 2.24) is 0 Å². The molecule has 11 heavy (non-hydrogen) atoms. The smallest absolute Gasteiger partial charge is 0.00128 e. The molecule has 0 N–H and O–H groups in total. The molecule has 1 aliphatic rings. The molecule has 0 saturated heterocycles. The van der Waals surface area contributed by atoms with Crippen molar-refractivity contribution in [3.05, 3.63) is 41.0 Å². The Labute approximate surface area is 68.7 Å². The van der Waals surface area contributed by atoms with Gasteiger partial charge in [0.1, 0.15) is 0 Å². The van der Waals surface area contributed by atoms with Gasteiger partial charge in [-0.3, -0.25) is 0 Å². The molecule has 0 bridgehead atoms. The van der Waals surface area contributed by atoms with Crippen molar-refractivity contribution in [2.24, 2.45) is 0 Å². The van der Waals surface area contributed by atoms with E-state index >= 15 is 0 Å². The van der Waals surface area contributed by atoms with E-state index < -0.39 is 0 Å². The average Bonchev–Trinajstić information content (AvgIpc) is 2.55. The maximum Gasteiger partial charge on any atom is -0.00128 e. The van der Waals surface area contributed by atoms with Crippen LogP contribution in [-0.2, 0) is 0 Å². The molecule has 0 aliphatic heterocycles. The van der Waals surface area contributed by atoms with Gasteiger partial charge in [0.05, 0.1) is 0 Å². The number of allylic oxidation sites excluding steroid dienone is 4. The topological polar surface area (TPSA) is 0 Å². The number of hydrogen-bond donors (Lipinski definition) is 0. The van der Waals surface area contributed by atoms with Gasteiger partial charge in [-0.15, -0.1) is 8.19 Å².